The van der Waals surface area contributed by atoms with Crippen molar-refractivity contribution in [3.8, 4) is 23.3 Å². The zero-order chi connectivity index (χ0) is 19.2. The number of rotatable bonds is 5. The summed E-state index contributed by atoms with van der Waals surface area (Å²) in [4.78, 5) is 15.2. The lowest BCUT2D eigenvalue weighted by atomic mass is 10.2. The van der Waals surface area contributed by atoms with Crippen LogP contribution in [0.2, 0.25) is 0 Å². The van der Waals surface area contributed by atoms with Crippen molar-refractivity contribution in [3.63, 3.8) is 0 Å². The summed E-state index contributed by atoms with van der Waals surface area (Å²) in [6.45, 7) is 0.0252. The summed E-state index contributed by atoms with van der Waals surface area (Å²) in [7, 11) is 1.57. The molecule has 2 aromatic carbocycles. The molecule has 0 atom stereocenters. The molecule has 0 radical (unpaired) electrons. The number of halogens is 2. The molecule has 0 fully saturated rings. The van der Waals surface area contributed by atoms with Crippen LogP contribution >= 0.6 is 0 Å². The molecule has 2 N–H and O–H groups in total. The molecule has 0 saturated heterocycles. The maximum absolute atomic E-state index is 13.4. The molecule has 138 valence electrons. The maximum atomic E-state index is 13.4. The molecule has 27 heavy (non-hydrogen) atoms. The van der Waals surface area contributed by atoms with Crippen LogP contribution in [-0.2, 0) is 0 Å². The Balaban J connectivity index is 1.50. The first kappa shape index (κ1) is 18.3. The van der Waals surface area contributed by atoms with E-state index in [1.54, 1.807) is 19.2 Å². The molecular weight excluding hydrogens is 354 g/mol. The van der Waals surface area contributed by atoms with Gasteiger partial charge in [-0.05, 0) is 30.3 Å². The third kappa shape index (κ3) is 4.55. The molecule has 3 rings (SSSR count). The van der Waals surface area contributed by atoms with Crippen molar-refractivity contribution >= 4 is 16.8 Å². The van der Waals surface area contributed by atoms with Crippen molar-refractivity contribution in [1.29, 1.82) is 0 Å². The lowest BCUT2D eigenvalue weighted by Crippen LogP contribution is -2.23. The zero-order valence-corrected chi connectivity index (χ0v) is 14.4. The van der Waals surface area contributed by atoms with Gasteiger partial charge in [0.25, 0.3) is 5.91 Å². The second-order valence-corrected chi connectivity index (χ2v) is 5.54. The van der Waals surface area contributed by atoms with Gasteiger partial charge >= 0.3 is 0 Å². The normalized spacial score (nSPS) is 10.2. The van der Waals surface area contributed by atoms with Crippen LogP contribution in [0.1, 0.15) is 10.5 Å². The molecule has 0 unspecified atom stereocenters. The minimum Gasteiger partial charge on any atom is -0.497 e. The van der Waals surface area contributed by atoms with Crippen molar-refractivity contribution in [2.75, 3.05) is 20.3 Å². The van der Waals surface area contributed by atoms with E-state index in [9.17, 15) is 13.6 Å². The fourth-order valence-corrected chi connectivity index (χ4v) is 2.39. The third-order valence-corrected chi connectivity index (χ3v) is 3.73. The van der Waals surface area contributed by atoms with Crippen molar-refractivity contribution in [1.82, 2.24) is 10.3 Å². The summed E-state index contributed by atoms with van der Waals surface area (Å²) in [5.74, 6) is 4.20. The number of ether oxygens (including phenoxy) is 2. The summed E-state index contributed by atoms with van der Waals surface area (Å²) >= 11 is 0. The topological polar surface area (TPSA) is 63.4 Å². The van der Waals surface area contributed by atoms with Crippen molar-refractivity contribution in [2.45, 2.75) is 0 Å². The Morgan fingerprint density at radius 2 is 2.00 bits per heavy atom. The highest BCUT2D eigenvalue weighted by Gasteiger charge is 2.09. The van der Waals surface area contributed by atoms with Crippen LogP contribution in [0.25, 0.3) is 10.9 Å². The number of benzene rings is 2. The number of fused-ring (bicyclic) bond motifs is 1. The van der Waals surface area contributed by atoms with Gasteiger partial charge in [-0.15, -0.1) is 0 Å². The lowest BCUT2D eigenvalue weighted by molar-refractivity contribution is 0.0954. The van der Waals surface area contributed by atoms with E-state index in [1.165, 1.54) is 6.07 Å². The molecule has 5 nitrogen and oxygen atoms in total. The van der Waals surface area contributed by atoms with E-state index < -0.39 is 11.6 Å². The fraction of sp³-hybridized carbons (Fsp3) is 0.150. The molecule has 1 amide bonds. The average Bonchev–Trinajstić information content (AvgIpc) is 3.09. The minimum atomic E-state index is -0.791. The first-order valence-corrected chi connectivity index (χ1v) is 8.05. The number of carbonyl (C=O) groups is 1. The number of H-pyrrole nitrogens is 1. The number of hydrogen-bond acceptors (Lipinski definition) is 3. The molecule has 0 saturated carbocycles. The van der Waals surface area contributed by atoms with Crippen LogP contribution in [0.3, 0.4) is 0 Å². The standard InChI is InChI=1S/C20H16F2N2O3/c1-26-15-6-4-13-10-18(24-17(13)12-15)20(25)23-8-2-3-9-27-19-7-5-14(21)11-16(19)22/h4-7,10-12,24H,8-9H2,1H3,(H,23,25). The Hall–Kier alpha value is -3.53. The highest BCUT2D eigenvalue weighted by atomic mass is 19.1. The number of aromatic nitrogens is 1. The Bertz CT molecular complexity index is 1030. The van der Waals surface area contributed by atoms with Crippen LogP contribution in [0.5, 0.6) is 11.5 Å². The van der Waals surface area contributed by atoms with Crippen LogP contribution in [-0.4, -0.2) is 31.2 Å². The van der Waals surface area contributed by atoms with E-state index in [0.29, 0.717) is 11.4 Å². The van der Waals surface area contributed by atoms with Gasteiger partial charge < -0.3 is 19.8 Å². The summed E-state index contributed by atoms with van der Waals surface area (Å²) in [5, 5.41) is 3.54. The van der Waals surface area contributed by atoms with Crippen molar-refractivity contribution < 1.29 is 23.0 Å². The predicted octanol–water partition coefficient (Wildman–Crippen LogP) is 3.27. The van der Waals surface area contributed by atoms with Crippen LogP contribution < -0.4 is 14.8 Å². The first-order chi connectivity index (χ1) is 13.1. The summed E-state index contributed by atoms with van der Waals surface area (Å²) in [5.41, 5.74) is 1.20. The molecule has 0 aliphatic rings. The molecule has 1 heterocycles. The zero-order valence-electron chi connectivity index (χ0n) is 14.4. The number of amides is 1. The Labute approximate surface area is 154 Å². The molecule has 0 aliphatic carbocycles. The van der Waals surface area contributed by atoms with E-state index in [0.717, 1.165) is 23.0 Å². The number of hydrogen-bond donors (Lipinski definition) is 2. The second-order valence-electron chi connectivity index (χ2n) is 5.54. The number of carbonyl (C=O) groups excluding carboxylic acids is 1. The van der Waals surface area contributed by atoms with E-state index in [4.69, 9.17) is 9.47 Å². The highest BCUT2D eigenvalue weighted by molar-refractivity contribution is 5.98. The Morgan fingerprint density at radius 3 is 2.78 bits per heavy atom. The van der Waals surface area contributed by atoms with Crippen LogP contribution in [0, 0.1) is 23.5 Å². The predicted molar refractivity (Wildman–Crippen MR) is 96.8 cm³/mol. The van der Waals surface area contributed by atoms with Gasteiger partial charge in [0.15, 0.2) is 11.6 Å². The third-order valence-electron chi connectivity index (χ3n) is 3.73. The quantitative estimate of drug-likeness (QED) is 0.678. The van der Waals surface area contributed by atoms with Crippen molar-refractivity contribution in [3.05, 3.63) is 59.8 Å². The summed E-state index contributed by atoms with van der Waals surface area (Å²) in [6.07, 6.45) is 0. The fourth-order valence-electron chi connectivity index (χ4n) is 2.39. The Morgan fingerprint density at radius 1 is 1.15 bits per heavy atom. The smallest absolute Gasteiger partial charge is 0.268 e. The van der Waals surface area contributed by atoms with E-state index >= 15 is 0 Å². The highest BCUT2D eigenvalue weighted by Crippen LogP contribution is 2.21. The summed E-state index contributed by atoms with van der Waals surface area (Å²) in [6, 6.07) is 10.2. The minimum absolute atomic E-state index is 0.0788. The number of methoxy groups -OCH3 is 1. The molecule has 3 aromatic rings. The van der Waals surface area contributed by atoms with Crippen molar-refractivity contribution in [2.24, 2.45) is 0 Å². The summed E-state index contributed by atoms with van der Waals surface area (Å²) < 4.78 is 36.4. The Kier molecular flexibility index (Phi) is 5.57. The van der Waals surface area contributed by atoms with Gasteiger partial charge in [0, 0.05) is 23.0 Å². The second kappa shape index (κ2) is 8.23. The van der Waals surface area contributed by atoms with Gasteiger partial charge in [0.05, 0.1) is 13.7 Å². The molecule has 0 aliphatic heterocycles. The SMILES string of the molecule is COc1ccc2cc(C(=O)NCC#CCOc3ccc(F)cc3F)[nH]c2c1. The largest absolute Gasteiger partial charge is 0.497 e. The number of aromatic amines is 1. The van der Waals surface area contributed by atoms with Gasteiger partial charge in [-0.2, -0.15) is 0 Å². The van der Waals surface area contributed by atoms with Crippen LogP contribution in [0.4, 0.5) is 8.78 Å². The number of nitrogens with one attached hydrogen (secondary N) is 2. The van der Waals surface area contributed by atoms with Crippen LogP contribution in [0.15, 0.2) is 42.5 Å². The van der Waals surface area contributed by atoms with E-state index in [-0.39, 0.29) is 24.8 Å². The van der Waals surface area contributed by atoms with Gasteiger partial charge in [-0.3, -0.25) is 4.79 Å². The van der Waals surface area contributed by atoms with Gasteiger partial charge in [-0.1, -0.05) is 11.8 Å². The van der Waals surface area contributed by atoms with Gasteiger partial charge in [0.2, 0.25) is 0 Å². The first-order valence-electron chi connectivity index (χ1n) is 8.05. The van der Waals surface area contributed by atoms with E-state index in [1.807, 2.05) is 12.1 Å². The van der Waals surface area contributed by atoms with E-state index in [2.05, 4.69) is 22.1 Å². The molecule has 7 heteroatoms. The van der Waals surface area contributed by atoms with Gasteiger partial charge in [-0.25, -0.2) is 8.78 Å². The monoisotopic (exact) mass is 370 g/mol. The molecule has 0 bridgehead atoms. The lowest BCUT2D eigenvalue weighted by Gasteiger charge is -2.02. The molecule has 1 aromatic heterocycles. The molecular formula is C20H16F2N2O3. The average molecular weight is 370 g/mol. The van der Waals surface area contributed by atoms with Gasteiger partial charge in [0.1, 0.15) is 23.9 Å². The molecule has 0 spiro atoms. The maximum Gasteiger partial charge on any atom is 0.268 e.